The third kappa shape index (κ3) is 3.03. The largest absolute Gasteiger partial charge is 0.508 e. The summed E-state index contributed by atoms with van der Waals surface area (Å²) in [4.78, 5) is 0. The predicted molar refractivity (Wildman–Crippen MR) is 93.4 cm³/mol. The number of aromatic hydroxyl groups is 2. The van der Waals surface area contributed by atoms with E-state index in [1.807, 2.05) is 24.3 Å². The molecular formula is C18H13IO2. The number of hydrogen-bond acceptors (Lipinski definition) is 2. The summed E-state index contributed by atoms with van der Waals surface area (Å²) in [7, 11) is 0. The first-order valence-corrected chi connectivity index (χ1v) is 7.60. The van der Waals surface area contributed by atoms with Gasteiger partial charge >= 0.3 is 0 Å². The van der Waals surface area contributed by atoms with Crippen LogP contribution < -0.4 is 0 Å². The number of phenols is 2. The normalized spacial score (nSPS) is 10.5. The zero-order valence-electron chi connectivity index (χ0n) is 11.1. The summed E-state index contributed by atoms with van der Waals surface area (Å²) in [6.07, 6.45) is 0. The minimum Gasteiger partial charge on any atom is -0.508 e. The molecule has 21 heavy (non-hydrogen) atoms. The molecule has 2 N–H and O–H groups in total. The zero-order valence-corrected chi connectivity index (χ0v) is 13.3. The maximum Gasteiger partial charge on any atom is 0.128 e. The molecule has 2 nitrogen and oxygen atoms in total. The first kappa shape index (κ1) is 13.9. The van der Waals surface area contributed by atoms with E-state index in [1.54, 1.807) is 18.2 Å². The summed E-state index contributed by atoms with van der Waals surface area (Å²) in [5.74, 6) is 0.578. The molecule has 3 rings (SSSR count). The molecular weight excluding hydrogens is 375 g/mol. The van der Waals surface area contributed by atoms with Crippen LogP contribution in [-0.4, -0.2) is 10.2 Å². The van der Waals surface area contributed by atoms with Crippen molar-refractivity contribution < 1.29 is 10.2 Å². The molecule has 0 atom stereocenters. The zero-order chi connectivity index (χ0) is 14.8. The van der Waals surface area contributed by atoms with E-state index >= 15 is 0 Å². The van der Waals surface area contributed by atoms with Gasteiger partial charge in [-0.15, -0.1) is 0 Å². The van der Waals surface area contributed by atoms with Crippen molar-refractivity contribution >= 4 is 22.6 Å². The minimum atomic E-state index is 0.272. The van der Waals surface area contributed by atoms with E-state index in [9.17, 15) is 10.2 Å². The van der Waals surface area contributed by atoms with Gasteiger partial charge in [-0.3, -0.25) is 0 Å². The van der Waals surface area contributed by atoms with Gasteiger partial charge in [-0.05, 0) is 69.1 Å². The first-order chi connectivity index (χ1) is 10.1. The second-order valence-electron chi connectivity index (χ2n) is 4.79. The van der Waals surface area contributed by atoms with Crippen molar-refractivity contribution in [2.75, 3.05) is 0 Å². The molecule has 3 aromatic rings. The van der Waals surface area contributed by atoms with Crippen molar-refractivity contribution in [1.82, 2.24) is 0 Å². The van der Waals surface area contributed by atoms with Crippen LogP contribution in [0.4, 0.5) is 0 Å². The Balaban J connectivity index is 1.93. The van der Waals surface area contributed by atoms with Crippen molar-refractivity contribution in [2.24, 2.45) is 0 Å². The van der Waals surface area contributed by atoms with Gasteiger partial charge in [0.15, 0.2) is 0 Å². The lowest BCUT2D eigenvalue weighted by molar-refractivity contribution is 0.471. The molecule has 3 aromatic carbocycles. The first-order valence-electron chi connectivity index (χ1n) is 6.52. The predicted octanol–water partition coefficient (Wildman–Crippen LogP) is 5.04. The van der Waals surface area contributed by atoms with Crippen LogP contribution in [0.15, 0.2) is 66.7 Å². The average Bonchev–Trinajstić information content (AvgIpc) is 2.51. The van der Waals surface area contributed by atoms with Gasteiger partial charge in [-0.1, -0.05) is 42.5 Å². The number of phenolic OH excluding ortho intramolecular Hbond substituents is 2. The fourth-order valence-electron chi connectivity index (χ4n) is 2.20. The molecule has 0 saturated heterocycles. The molecule has 0 saturated carbocycles. The topological polar surface area (TPSA) is 40.5 Å². The fraction of sp³-hybridized carbons (Fsp3) is 0. The van der Waals surface area contributed by atoms with Crippen LogP contribution in [0.2, 0.25) is 0 Å². The fourth-order valence-corrected chi connectivity index (χ4v) is 2.71. The van der Waals surface area contributed by atoms with Crippen LogP contribution in [-0.2, 0) is 0 Å². The highest BCUT2D eigenvalue weighted by Crippen LogP contribution is 2.29. The second kappa shape index (κ2) is 5.77. The van der Waals surface area contributed by atoms with Crippen LogP contribution in [0.5, 0.6) is 11.5 Å². The minimum absolute atomic E-state index is 0.272. The number of hydrogen-bond donors (Lipinski definition) is 2. The number of rotatable bonds is 2. The lowest BCUT2D eigenvalue weighted by Crippen LogP contribution is -1.82. The van der Waals surface area contributed by atoms with Gasteiger partial charge in [0.2, 0.25) is 0 Å². The molecule has 0 aliphatic rings. The van der Waals surface area contributed by atoms with Crippen molar-refractivity contribution in [3.05, 3.63) is 70.3 Å². The van der Waals surface area contributed by atoms with Gasteiger partial charge in [0.05, 0.1) is 3.57 Å². The maximum absolute atomic E-state index is 9.58. The Morgan fingerprint density at radius 1 is 0.571 bits per heavy atom. The van der Waals surface area contributed by atoms with Gasteiger partial charge < -0.3 is 10.2 Å². The van der Waals surface area contributed by atoms with E-state index in [4.69, 9.17) is 0 Å². The Hall–Kier alpha value is -2.01. The van der Waals surface area contributed by atoms with Crippen LogP contribution in [0.3, 0.4) is 0 Å². The summed E-state index contributed by atoms with van der Waals surface area (Å²) < 4.78 is 0.840. The molecule has 0 aliphatic carbocycles. The summed E-state index contributed by atoms with van der Waals surface area (Å²) in [6, 6.07) is 21.0. The molecule has 0 unspecified atom stereocenters. The SMILES string of the molecule is Oc1ccc(-c2ccc(-c3ccc(O)c(I)c3)cc2)cc1. The molecule has 0 bridgehead atoms. The highest BCUT2D eigenvalue weighted by molar-refractivity contribution is 14.1. The molecule has 0 amide bonds. The molecule has 0 radical (unpaired) electrons. The summed E-state index contributed by atoms with van der Waals surface area (Å²) in [5, 5.41) is 18.9. The smallest absolute Gasteiger partial charge is 0.128 e. The summed E-state index contributed by atoms with van der Waals surface area (Å²) >= 11 is 2.12. The van der Waals surface area contributed by atoms with Crippen molar-refractivity contribution in [1.29, 1.82) is 0 Å². The van der Waals surface area contributed by atoms with E-state index in [2.05, 4.69) is 46.9 Å². The molecule has 0 fully saturated rings. The summed E-state index contributed by atoms with van der Waals surface area (Å²) in [5.41, 5.74) is 4.36. The third-order valence-corrected chi connectivity index (χ3v) is 4.23. The Labute approximate surface area is 136 Å². The van der Waals surface area contributed by atoms with Crippen molar-refractivity contribution in [3.8, 4) is 33.8 Å². The quantitative estimate of drug-likeness (QED) is 0.605. The van der Waals surface area contributed by atoms with E-state index in [1.165, 1.54) is 0 Å². The van der Waals surface area contributed by atoms with Gasteiger partial charge in [-0.2, -0.15) is 0 Å². The Bertz CT molecular complexity index is 762. The molecule has 104 valence electrons. The third-order valence-electron chi connectivity index (χ3n) is 3.37. The Kier molecular flexibility index (Phi) is 3.84. The average molecular weight is 388 g/mol. The summed E-state index contributed by atoms with van der Waals surface area (Å²) in [6.45, 7) is 0. The van der Waals surface area contributed by atoms with Gasteiger partial charge in [0.25, 0.3) is 0 Å². The van der Waals surface area contributed by atoms with E-state index in [0.717, 1.165) is 25.8 Å². The van der Waals surface area contributed by atoms with Crippen LogP contribution in [0, 0.1) is 3.57 Å². The highest BCUT2D eigenvalue weighted by Gasteiger charge is 2.03. The monoisotopic (exact) mass is 388 g/mol. The highest BCUT2D eigenvalue weighted by atomic mass is 127. The van der Waals surface area contributed by atoms with E-state index in [0.29, 0.717) is 5.75 Å². The number of benzene rings is 3. The lowest BCUT2D eigenvalue weighted by atomic mass is 10.0. The molecule has 0 aromatic heterocycles. The van der Waals surface area contributed by atoms with Crippen molar-refractivity contribution in [3.63, 3.8) is 0 Å². The van der Waals surface area contributed by atoms with Gasteiger partial charge in [-0.25, -0.2) is 0 Å². The molecule has 0 aliphatic heterocycles. The number of halogens is 1. The van der Waals surface area contributed by atoms with Gasteiger partial charge in [0, 0.05) is 0 Å². The van der Waals surface area contributed by atoms with E-state index in [-0.39, 0.29) is 5.75 Å². The van der Waals surface area contributed by atoms with Crippen molar-refractivity contribution in [2.45, 2.75) is 0 Å². The molecule has 0 heterocycles. The van der Waals surface area contributed by atoms with Crippen LogP contribution >= 0.6 is 22.6 Å². The molecule has 0 spiro atoms. The van der Waals surface area contributed by atoms with Crippen LogP contribution in [0.25, 0.3) is 22.3 Å². The lowest BCUT2D eigenvalue weighted by Gasteiger charge is -2.06. The Morgan fingerprint density at radius 2 is 1.00 bits per heavy atom. The molecule has 3 heteroatoms. The standard InChI is InChI=1S/C18H13IO2/c19-17-11-15(7-10-18(17)21)14-3-1-12(2-4-14)13-5-8-16(20)9-6-13/h1-11,20-21H. The van der Waals surface area contributed by atoms with Crippen LogP contribution in [0.1, 0.15) is 0 Å². The van der Waals surface area contributed by atoms with E-state index < -0.39 is 0 Å². The Morgan fingerprint density at radius 3 is 1.52 bits per heavy atom. The van der Waals surface area contributed by atoms with Gasteiger partial charge in [0.1, 0.15) is 11.5 Å². The maximum atomic E-state index is 9.58. The second-order valence-corrected chi connectivity index (χ2v) is 5.95.